The molecule has 0 spiro atoms. The van der Waals surface area contributed by atoms with E-state index in [1.54, 1.807) is 11.9 Å². The largest absolute Gasteiger partial charge is 0.328 e. The predicted molar refractivity (Wildman–Crippen MR) is 124 cm³/mol. The molecule has 0 aromatic carbocycles. The Morgan fingerprint density at radius 2 is 1.85 bits per heavy atom. The Morgan fingerprint density at radius 1 is 1.09 bits per heavy atom. The maximum Gasteiger partial charge on any atom is 0.263 e. The number of amides is 2. The predicted octanol–water partition coefficient (Wildman–Crippen LogP) is 2.77. The van der Waals surface area contributed by atoms with Crippen LogP contribution in [-0.4, -0.2) is 44.3 Å². The second-order valence-electron chi connectivity index (χ2n) is 9.81. The number of nitrogens with zero attached hydrogens (tertiary/aromatic N) is 5. The van der Waals surface area contributed by atoms with Gasteiger partial charge in [-0.15, -0.1) is 0 Å². The molecule has 3 aliphatic rings. The number of carbonyl (C=O) groups is 2. The lowest BCUT2D eigenvalue weighted by Crippen LogP contribution is -2.43. The third-order valence-electron chi connectivity index (χ3n) is 7.37. The Morgan fingerprint density at radius 3 is 2.58 bits per heavy atom. The molecule has 0 bridgehead atoms. The standard InChI is InChI=1S/C25H31N5O3/c1-14-11-15(2)28(4)24(32)21(14)25(33)29-10-6-5-7-19(29)22-26-16(3)18-12-20(31)30(23(18)27-22)13-17-8-9-17/h11,17,19H,5-10,12-13H2,1-4H3/t19-/m0/s1. The van der Waals surface area contributed by atoms with E-state index >= 15 is 0 Å². The number of hydrogen-bond acceptors (Lipinski definition) is 5. The summed E-state index contributed by atoms with van der Waals surface area (Å²) in [6.45, 7) is 6.88. The molecule has 33 heavy (non-hydrogen) atoms. The van der Waals surface area contributed by atoms with Crippen LogP contribution in [0.2, 0.25) is 0 Å². The summed E-state index contributed by atoms with van der Waals surface area (Å²) in [5.74, 6) is 1.69. The third-order valence-corrected chi connectivity index (χ3v) is 7.37. The fourth-order valence-electron chi connectivity index (χ4n) is 5.12. The van der Waals surface area contributed by atoms with Gasteiger partial charge in [-0.25, -0.2) is 9.97 Å². The van der Waals surface area contributed by atoms with Gasteiger partial charge in [0, 0.05) is 37.1 Å². The molecular weight excluding hydrogens is 418 g/mol. The number of fused-ring (bicyclic) bond motifs is 1. The van der Waals surface area contributed by atoms with Crippen LogP contribution in [-0.2, 0) is 18.3 Å². The highest BCUT2D eigenvalue weighted by molar-refractivity contribution is 6.00. The highest BCUT2D eigenvalue weighted by Gasteiger charge is 2.38. The first-order chi connectivity index (χ1) is 15.8. The number of aromatic nitrogens is 3. The molecule has 1 saturated carbocycles. The summed E-state index contributed by atoms with van der Waals surface area (Å²) in [5.41, 5.74) is 3.18. The van der Waals surface area contributed by atoms with Crippen molar-refractivity contribution in [1.29, 1.82) is 0 Å². The molecule has 2 amide bonds. The summed E-state index contributed by atoms with van der Waals surface area (Å²) in [7, 11) is 1.69. The number of likely N-dealkylation sites (tertiary alicyclic amines) is 1. The van der Waals surface area contributed by atoms with E-state index in [0.29, 0.717) is 36.8 Å². The van der Waals surface area contributed by atoms with Gasteiger partial charge in [-0.1, -0.05) is 0 Å². The highest BCUT2D eigenvalue weighted by Crippen LogP contribution is 2.38. The van der Waals surface area contributed by atoms with Crippen molar-refractivity contribution in [1.82, 2.24) is 19.4 Å². The van der Waals surface area contributed by atoms with Crippen LogP contribution in [0.5, 0.6) is 0 Å². The fraction of sp³-hybridized carbons (Fsp3) is 0.560. The number of pyridine rings is 1. The number of anilines is 1. The van der Waals surface area contributed by atoms with E-state index in [2.05, 4.69) is 0 Å². The van der Waals surface area contributed by atoms with Crippen LogP contribution in [0.3, 0.4) is 0 Å². The number of carbonyl (C=O) groups excluding carboxylic acids is 2. The minimum atomic E-state index is -0.306. The van der Waals surface area contributed by atoms with Crippen molar-refractivity contribution >= 4 is 17.6 Å². The Bertz CT molecular complexity index is 1210. The van der Waals surface area contributed by atoms with E-state index in [1.807, 2.05) is 31.7 Å². The summed E-state index contributed by atoms with van der Waals surface area (Å²) >= 11 is 0. The van der Waals surface area contributed by atoms with E-state index in [9.17, 15) is 14.4 Å². The number of aryl methyl sites for hydroxylation is 3. The van der Waals surface area contributed by atoms with Crippen LogP contribution >= 0.6 is 0 Å². The molecule has 1 saturated heterocycles. The SMILES string of the molecule is Cc1cc(C)n(C)c(=O)c1C(=O)N1CCCC[C@H]1c1nc(C)c2c(n1)N(CC1CC1)C(=O)C2. The number of hydrogen-bond donors (Lipinski definition) is 0. The smallest absolute Gasteiger partial charge is 0.263 e. The lowest BCUT2D eigenvalue weighted by Gasteiger charge is -2.35. The zero-order valence-electron chi connectivity index (χ0n) is 19.8. The second-order valence-corrected chi connectivity index (χ2v) is 9.81. The van der Waals surface area contributed by atoms with E-state index < -0.39 is 0 Å². The molecule has 5 rings (SSSR count). The van der Waals surface area contributed by atoms with Crippen LogP contribution in [0.4, 0.5) is 5.82 Å². The molecule has 2 aromatic heterocycles. The van der Waals surface area contributed by atoms with Crippen molar-refractivity contribution in [2.75, 3.05) is 18.0 Å². The molecule has 8 nitrogen and oxygen atoms in total. The van der Waals surface area contributed by atoms with Gasteiger partial charge in [0.25, 0.3) is 11.5 Å². The van der Waals surface area contributed by atoms with E-state index in [0.717, 1.165) is 54.9 Å². The van der Waals surface area contributed by atoms with E-state index in [-0.39, 0.29) is 29.0 Å². The van der Waals surface area contributed by atoms with Gasteiger partial charge in [0.15, 0.2) is 5.82 Å². The van der Waals surface area contributed by atoms with Gasteiger partial charge in [0.2, 0.25) is 5.91 Å². The summed E-state index contributed by atoms with van der Waals surface area (Å²) in [6.07, 6.45) is 5.25. The van der Waals surface area contributed by atoms with Gasteiger partial charge in [0.1, 0.15) is 11.4 Å². The number of piperidine rings is 1. The molecule has 2 fully saturated rings. The average Bonchev–Trinajstić information content (AvgIpc) is 3.55. The Hall–Kier alpha value is -3.03. The summed E-state index contributed by atoms with van der Waals surface area (Å²) < 4.78 is 1.52. The van der Waals surface area contributed by atoms with Gasteiger partial charge >= 0.3 is 0 Å². The minimum absolute atomic E-state index is 0.0850. The quantitative estimate of drug-likeness (QED) is 0.716. The maximum absolute atomic E-state index is 13.7. The highest BCUT2D eigenvalue weighted by atomic mass is 16.2. The van der Waals surface area contributed by atoms with Crippen molar-refractivity contribution in [3.63, 3.8) is 0 Å². The zero-order valence-corrected chi connectivity index (χ0v) is 19.8. The molecule has 4 heterocycles. The molecule has 1 atom stereocenters. The summed E-state index contributed by atoms with van der Waals surface area (Å²) in [5, 5.41) is 0. The van der Waals surface area contributed by atoms with Crippen LogP contribution in [0, 0.1) is 26.7 Å². The lowest BCUT2D eigenvalue weighted by atomic mass is 9.98. The molecule has 1 aliphatic carbocycles. The van der Waals surface area contributed by atoms with Gasteiger partial charge in [-0.2, -0.15) is 0 Å². The maximum atomic E-state index is 13.7. The zero-order chi connectivity index (χ0) is 23.4. The Kier molecular flexibility index (Phi) is 5.34. The molecule has 0 unspecified atom stereocenters. The van der Waals surface area contributed by atoms with Crippen molar-refractivity contribution < 1.29 is 9.59 Å². The van der Waals surface area contributed by atoms with Crippen molar-refractivity contribution in [3.8, 4) is 0 Å². The normalized spacial score (nSPS) is 20.4. The average molecular weight is 450 g/mol. The second kappa shape index (κ2) is 8.08. The molecule has 0 radical (unpaired) electrons. The van der Waals surface area contributed by atoms with E-state index in [1.165, 1.54) is 4.57 Å². The van der Waals surface area contributed by atoms with Crippen LogP contribution < -0.4 is 10.5 Å². The molecular formula is C25H31N5O3. The third kappa shape index (κ3) is 3.75. The minimum Gasteiger partial charge on any atom is -0.328 e. The molecule has 2 aromatic rings. The van der Waals surface area contributed by atoms with Gasteiger partial charge in [-0.05, 0) is 70.4 Å². The first-order valence-electron chi connectivity index (χ1n) is 11.9. The van der Waals surface area contributed by atoms with Crippen LogP contribution in [0.15, 0.2) is 10.9 Å². The van der Waals surface area contributed by atoms with Crippen molar-refractivity contribution in [3.05, 3.63) is 50.3 Å². The topological polar surface area (TPSA) is 88.4 Å². The molecule has 0 N–H and O–H groups in total. The summed E-state index contributed by atoms with van der Waals surface area (Å²) in [6, 6.07) is 1.57. The van der Waals surface area contributed by atoms with Crippen LogP contribution in [0.25, 0.3) is 0 Å². The summed E-state index contributed by atoms with van der Waals surface area (Å²) in [4.78, 5) is 52.6. The van der Waals surface area contributed by atoms with Crippen molar-refractivity contribution in [2.45, 2.75) is 65.3 Å². The van der Waals surface area contributed by atoms with Gasteiger partial charge < -0.3 is 9.47 Å². The number of rotatable bonds is 4. The monoisotopic (exact) mass is 449 g/mol. The first kappa shape index (κ1) is 21.8. The molecule has 174 valence electrons. The van der Waals surface area contributed by atoms with Crippen molar-refractivity contribution in [2.24, 2.45) is 13.0 Å². The fourth-order valence-corrected chi connectivity index (χ4v) is 5.12. The Balaban J connectivity index is 1.53. The first-order valence-corrected chi connectivity index (χ1v) is 11.9. The van der Waals surface area contributed by atoms with Gasteiger partial charge in [-0.3, -0.25) is 19.3 Å². The van der Waals surface area contributed by atoms with Gasteiger partial charge in [0.05, 0.1) is 12.5 Å². The van der Waals surface area contributed by atoms with Crippen LogP contribution in [0.1, 0.15) is 76.8 Å². The lowest BCUT2D eigenvalue weighted by molar-refractivity contribution is -0.117. The molecule has 2 aliphatic heterocycles. The van der Waals surface area contributed by atoms with E-state index in [4.69, 9.17) is 9.97 Å². The molecule has 8 heteroatoms. The Labute approximate surface area is 193 Å².